The minimum absolute atomic E-state index is 0.668. The summed E-state index contributed by atoms with van der Waals surface area (Å²) in [5, 5.41) is 0.668. The van der Waals surface area contributed by atoms with Gasteiger partial charge in [0, 0.05) is 29.4 Å². The van der Waals surface area contributed by atoms with E-state index in [4.69, 9.17) is 5.73 Å². The van der Waals surface area contributed by atoms with Crippen molar-refractivity contribution in [3.63, 3.8) is 0 Å². The lowest BCUT2D eigenvalue weighted by atomic mass is 10.2. The van der Waals surface area contributed by atoms with Crippen LogP contribution in [0, 0.1) is 0 Å². The molecule has 0 fully saturated rings. The average molecular weight is 194 g/mol. The lowest BCUT2D eigenvalue weighted by molar-refractivity contribution is 0.841. The second-order valence-corrected chi connectivity index (χ2v) is 5.02. The third-order valence-corrected chi connectivity index (χ3v) is 3.40. The van der Waals surface area contributed by atoms with Crippen LogP contribution >= 0.6 is 11.8 Å². The molecule has 1 aromatic rings. The van der Waals surface area contributed by atoms with Gasteiger partial charge in [0.05, 0.1) is 5.69 Å². The van der Waals surface area contributed by atoms with Crippen molar-refractivity contribution >= 4 is 23.1 Å². The minimum Gasteiger partial charge on any atom is -0.399 e. The van der Waals surface area contributed by atoms with E-state index >= 15 is 0 Å². The van der Waals surface area contributed by atoms with Gasteiger partial charge in [0.25, 0.3) is 0 Å². The van der Waals surface area contributed by atoms with Gasteiger partial charge in [-0.15, -0.1) is 11.8 Å². The Balaban J connectivity index is 2.43. The smallest absolute Gasteiger partial charge is 0.0522 e. The first-order valence-corrected chi connectivity index (χ1v) is 5.32. The van der Waals surface area contributed by atoms with Crippen LogP contribution in [-0.2, 0) is 0 Å². The first-order valence-electron chi connectivity index (χ1n) is 4.44. The van der Waals surface area contributed by atoms with Crippen LogP contribution in [0.3, 0.4) is 0 Å². The number of nitrogen functional groups attached to an aromatic ring is 1. The summed E-state index contributed by atoms with van der Waals surface area (Å²) >= 11 is 1.93. The van der Waals surface area contributed by atoms with Gasteiger partial charge in [-0.3, -0.25) is 0 Å². The number of benzene rings is 1. The first-order chi connectivity index (χ1) is 6.16. The Morgan fingerprint density at radius 3 is 3.08 bits per heavy atom. The zero-order valence-electron chi connectivity index (χ0n) is 7.95. The summed E-state index contributed by atoms with van der Waals surface area (Å²) in [5.74, 6) is 0. The Bertz CT molecular complexity index is 325. The second kappa shape index (κ2) is 3.14. The number of rotatable bonds is 0. The molecule has 0 saturated heterocycles. The molecule has 1 unspecified atom stereocenters. The van der Waals surface area contributed by atoms with E-state index in [0.29, 0.717) is 5.25 Å². The van der Waals surface area contributed by atoms with E-state index in [0.717, 1.165) is 12.2 Å². The number of nitrogens with two attached hydrogens (primary N) is 1. The molecule has 2 rings (SSSR count). The molecular weight excluding hydrogens is 180 g/mol. The highest BCUT2D eigenvalue weighted by Gasteiger charge is 2.19. The highest BCUT2D eigenvalue weighted by molar-refractivity contribution is 8.00. The molecule has 0 aromatic heterocycles. The van der Waals surface area contributed by atoms with Gasteiger partial charge in [-0.25, -0.2) is 0 Å². The summed E-state index contributed by atoms with van der Waals surface area (Å²) in [5.41, 5.74) is 7.86. The number of fused-ring (bicyclic) bond motifs is 1. The maximum absolute atomic E-state index is 5.74. The van der Waals surface area contributed by atoms with E-state index in [1.807, 2.05) is 23.9 Å². The Kier molecular flexibility index (Phi) is 2.12. The lowest BCUT2D eigenvalue weighted by Gasteiger charge is -2.31. The molecule has 70 valence electrons. The average Bonchev–Trinajstić information content (AvgIpc) is 2.06. The molecule has 0 spiro atoms. The third-order valence-electron chi connectivity index (χ3n) is 2.25. The van der Waals surface area contributed by atoms with Gasteiger partial charge in [-0.05, 0) is 18.2 Å². The van der Waals surface area contributed by atoms with Gasteiger partial charge in [0.15, 0.2) is 0 Å². The van der Waals surface area contributed by atoms with E-state index in [9.17, 15) is 0 Å². The molecular formula is C10H14N2S. The van der Waals surface area contributed by atoms with Gasteiger partial charge in [0.1, 0.15) is 0 Å². The van der Waals surface area contributed by atoms with Crippen LogP contribution in [0.1, 0.15) is 6.92 Å². The fourth-order valence-corrected chi connectivity index (χ4v) is 2.88. The van der Waals surface area contributed by atoms with Crippen LogP contribution < -0.4 is 10.6 Å². The molecule has 1 aliphatic rings. The predicted octanol–water partition coefficient (Wildman–Crippen LogP) is 2.20. The van der Waals surface area contributed by atoms with Crippen molar-refractivity contribution in [1.29, 1.82) is 0 Å². The molecule has 0 bridgehead atoms. The number of hydrogen-bond donors (Lipinski definition) is 1. The predicted molar refractivity (Wildman–Crippen MR) is 59.4 cm³/mol. The number of thioether (sulfide) groups is 1. The molecule has 1 atom stereocenters. The zero-order valence-corrected chi connectivity index (χ0v) is 8.77. The Morgan fingerprint density at radius 1 is 1.54 bits per heavy atom. The van der Waals surface area contributed by atoms with Crippen molar-refractivity contribution < 1.29 is 0 Å². The maximum atomic E-state index is 5.74. The minimum atomic E-state index is 0.668. The van der Waals surface area contributed by atoms with Gasteiger partial charge in [-0.2, -0.15) is 0 Å². The highest BCUT2D eigenvalue weighted by Crippen LogP contribution is 2.38. The van der Waals surface area contributed by atoms with E-state index in [-0.39, 0.29) is 0 Å². The summed E-state index contributed by atoms with van der Waals surface area (Å²) in [6.45, 7) is 3.35. The number of nitrogens with zero attached hydrogens (tertiary/aromatic N) is 1. The van der Waals surface area contributed by atoms with Crippen LogP contribution in [0.5, 0.6) is 0 Å². The number of hydrogen-bond acceptors (Lipinski definition) is 3. The monoisotopic (exact) mass is 194 g/mol. The summed E-state index contributed by atoms with van der Waals surface area (Å²) in [6.07, 6.45) is 0. The molecule has 2 N–H and O–H groups in total. The van der Waals surface area contributed by atoms with E-state index in [1.165, 1.54) is 10.6 Å². The fourth-order valence-electron chi connectivity index (χ4n) is 1.67. The quantitative estimate of drug-likeness (QED) is 0.642. The SMILES string of the molecule is CC1CN(C)c2cc(N)ccc2S1. The maximum Gasteiger partial charge on any atom is 0.0522 e. The van der Waals surface area contributed by atoms with E-state index in [2.05, 4.69) is 24.9 Å². The van der Waals surface area contributed by atoms with Gasteiger partial charge in [0.2, 0.25) is 0 Å². The molecule has 0 saturated carbocycles. The Morgan fingerprint density at radius 2 is 2.31 bits per heavy atom. The summed E-state index contributed by atoms with van der Waals surface area (Å²) in [7, 11) is 2.12. The number of anilines is 2. The van der Waals surface area contributed by atoms with E-state index in [1.54, 1.807) is 0 Å². The van der Waals surface area contributed by atoms with Crippen LogP contribution in [-0.4, -0.2) is 18.8 Å². The second-order valence-electron chi connectivity index (χ2n) is 3.54. The van der Waals surface area contributed by atoms with Crippen LogP contribution in [0.25, 0.3) is 0 Å². The summed E-state index contributed by atoms with van der Waals surface area (Å²) in [4.78, 5) is 3.61. The van der Waals surface area contributed by atoms with Gasteiger partial charge < -0.3 is 10.6 Å². The molecule has 0 aliphatic carbocycles. The van der Waals surface area contributed by atoms with Crippen molar-refractivity contribution in [3.8, 4) is 0 Å². The van der Waals surface area contributed by atoms with Crippen molar-refractivity contribution in [2.24, 2.45) is 0 Å². The fraction of sp³-hybridized carbons (Fsp3) is 0.400. The molecule has 0 radical (unpaired) electrons. The molecule has 13 heavy (non-hydrogen) atoms. The normalized spacial score (nSPS) is 21.4. The largest absolute Gasteiger partial charge is 0.399 e. The van der Waals surface area contributed by atoms with Crippen molar-refractivity contribution in [3.05, 3.63) is 18.2 Å². The van der Waals surface area contributed by atoms with Crippen molar-refractivity contribution in [1.82, 2.24) is 0 Å². The molecule has 1 aliphatic heterocycles. The molecule has 2 nitrogen and oxygen atoms in total. The molecule has 0 amide bonds. The molecule has 1 aromatic carbocycles. The Labute approximate surface area is 83.1 Å². The van der Waals surface area contributed by atoms with Crippen LogP contribution in [0.2, 0.25) is 0 Å². The lowest BCUT2D eigenvalue weighted by Crippen LogP contribution is -2.29. The Hall–Kier alpha value is -0.830. The summed E-state index contributed by atoms with van der Waals surface area (Å²) < 4.78 is 0. The van der Waals surface area contributed by atoms with Crippen LogP contribution in [0.15, 0.2) is 23.1 Å². The molecule has 1 heterocycles. The summed E-state index contributed by atoms with van der Waals surface area (Å²) in [6, 6.07) is 6.13. The topological polar surface area (TPSA) is 29.3 Å². The van der Waals surface area contributed by atoms with Gasteiger partial charge in [-0.1, -0.05) is 6.92 Å². The standard InChI is InChI=1S/C10H14N2S/c1-7-6-12(2)9-5-8(11)3-4-10(9)13-7/h3-5,7H,6,11H2,1-2H3. The van der Waals surface area contributed by atoms with Crippen molar-refractivity contribution in [2.45, 2.75) is 17.1 Å². The molecule has 3 heteroatoms. The zero-order chi connectivity index (χ0) is 9.42. The van der Waals surface area contributed by atoms with Crippen LogP contribution in [0.4, 0.5) is 11.4 Å². The van der Waals surface area contributed by atoms with Crippen molar-refractivity contribution in [2.75, 3.05) is 24.2 Å². The third kappa shape index (κ3) is 1.61. The first kappa shape index (κ1) is 8.75. The van der Waals surface area contributed by atoms with Gasteiger partial charge >= 0.3 is 0 Å². The van der Waals surface area contributed by atoms with E-state index < -0.39 is 0 Å². The highest BCUT2D eigenvalue weighted by atomic mass is 32.2.